The lowest BCUT2D eigenvalue weighted by molar-refractivity contribution is 0.102. The van der Waals surface area contributed by atoms with Gasteiger partial charge in [-0.2, -0.15) is 5.10 Å². The fourth-order valence-corrected chi connectivity index (χ4v) is 6.67. The molecule has 2 aromatic carbocycles. The quantitative estimate of drug-likeness (QED) is 0.319. The molecule has 39 heavy (non-hydrogen) atoms. The van der Waals surface area contributed by atoms with Gasteiger partial charge in [0.1, 0.15) is 10.6 Å². The Bertz CT molecular complexity index is 1660. The number of hydrogen-bond acceptors (Lipinski definition) is 6. The van der Waals surface area contributed by atoms with Crippen LogP contribution in [-0.4, -0.2) is 42.1 Å². The molecule has 10 heteroatoms. The molecule has 1 saturated carbocycles. The largest absolute Gasteiger partial charge is 0.495 e. The first-order chi connectivity index (χ1) is 18.7. The van der Waals surface area contributed by atoms with Crippen molar-refractivity contribution in [2.75, 3.05) is 12.4 Å². The van der Waals surface area contributed by atoms with Crippen LogP contribution in [0.2, 0.25) is 0 Å². The van der Waals surface area contributed by atoms with Crippen molar-refractivity contribution >= 4 is 27.3 Å². The summed E-state index contributed by atoms with van der Waals surface area (Å²) >= 11 is 0. The second kappa shape index (κ2) is 10.8. The van der Waals surface area contributed by atoms with Gasteiger partial charge in [0.2, 0.25) is 10.0 Å². The van der Waals surface area contributed by atoms with E-state index in [0.717, 1.165) is 49.1 Å². The Hall–Kier alpha value is -3.76. The molecule has 4 aromatic rings. The summed E-state index contributed by atoms with van der Waals surface area (Å²) in [5.74, 6) is -0.187. The van der Waals surface area contributed by atoms with Crippen molar-refractivity contribution in [3.05, 3.63) is 71.2 Å². The predicted octanol–water partition coefficient (Wildman–Crippen LogP) is 5.06. The molecule has 2 heterocycles. The van der Waals surface area contributed by atoms with E-state index in [1.165, 1.54) is 7.11 Å². The zero-order valence-corrected chi connectivity index (χ0v) is 23.4. The average molecular weight is 548 g/mol. The van der Waals surface area contributed by atoms with E-state index in [-0.39, 0.29) is 22.4 Å². The molecule has 2 N–H and O–H groups in total. The predicted molar refractivity (Wildman–Crippen MR) is 151 cm³/mol. The maximum atomic E-state index is 13.6. The molecule has 0 unspecified atom stereocenters. The Morgan fingerprint density at radius 3 is 2.59 bits per heavy atom. The fourth-order valence-electron chi connectivity index (χ4n) is 5.17. The number of amides is 1. The van der Waals surface area contributed by atoms with Gasteiger partial charge in [0.05, 0.1) is 12.7 Å². The summed E-state index contributed by atoms with van der Waals surface area (Å²) in [6.45, 7) is 5.81. The lowest BCUT2D eigenvalue weighted by Crippen LogP contribution is -2.32. The number of anilines is 1. The summed E-state index contributed by atoms with van der Waals surface area (Å²) in [4.78, 5) is 18.3. The van der Waals surface area contributed by atoms with Crippen LogP contribution in [-0.2, 0) is 16.4 Å². The van der Waals surface area contributed by atoms with Gasteiger partial charge in [-0.3, -0.25) is 4.79 Å². The van der Waals surface area contributed by atoms with Crippen molar-refractivity contribution in [1.82, 2.24) is 19.3 Å². The molecule has 0 atom stereocenters. The van der Waals surface area contributed by atoms with Crippen LogP contribution in [0.5, 0.6) is 5.75 Å². The Kier molecular flexibility index (Phi) is 7.42. The minimum Gasteiger partial charge on any atom is -0.495 e. The number of ether oxygens (including phenoxy) is 1. The first-order valence-corrected chi connectivity index (χ1v) is 14.7. The van der Waals surface area contributed by atoms with Gasteiger partial charge < -0.3 is 10.1 Å². The van der Waals surface area contributed by atoms with Crippen LogP contribution in [0.15, 0.2) is 53.4 Å². The summed E-state index contributed by atoms with van der Waals surface area (Å²) in [6, 6.07) is 14.3. The molecule has 0 radical (unpaired) electrons. The molecule has 1 amide bonds. The van der Waals surface area contributed by atoms with Gasteiger partial charge >= 0.3 is 0 Å². The summed E-state index contributed by atoms with van der Waals surface area (Å²) in [5.41, 5.74) is 4.88. The number of fused-ring (bicyclic) bond motifs is 1. The molecule has 0 bridgehead atoms. The van der Waals surface area contributed by atoms with Crippen molar-refractivity contribution in [1.29, 1.82) is 0 Å². The maximum absolute atomic E-state index is 13.6. The summed E-state index contributed by atoms with van der Waals surface area (Å²) < 4.78 is 36.8. The highest BCUT2D eigenvalue weighted by molar-refractivity contribution is 7.89. The van der Waals surface area contributed by atoms with Crippen molar-refractivity contribution in [3.8, 4) is 16.9 Å². The smallest absolute Gasteiger partial charge is 0.276 e. The molecule has 1 fully saturated rings. The van der Waals surface area contributed by atoms with Gasteiger partial charge in [0, 0.05) is 23.1 Å². The molecule has 9 nitrogen and oxygen atoms in total. The second-order valence-electron chi connectivity index (χ2n) is 9.97. The number of sulfonamides is 1. The number of carbonyl (C=O) groups excluding carboxylic acids is 1. The average Bonchev–Trinajstić information content (AvgIpc) is 3.56. The van der Waals surface area contributed by atoms with E-state index in [2.05, 4.69) is 22.1 Å². The second-order valence-corrected chi connectivity index (χ2v) is 11.7. The molecule has 0 saturated heterocycles. The number of carbonyl (C=O) groups is 1. The van der Waals surface area contributed by atoms with Crippen molar-refractivity contribution < 1.29 is 17.9 Å². The molecule has 204 valence electrons. The lowest BCUT2D eigenvalue weighted by Gasteiger charge is -2.16. The van der Waals surface area contributed by atoms with E-state index in [1.807, 2.05) is 44.2 Å². The van der Waals surface area contributed by atoms with Crippen molar-refractivity contribution in [2.24, 2.45) is 0 Å². The normalized spacial score (nSPS) is 14.2. The number of aryl methyl sites for hydroxylation is 3. The molecular weight excluding hydrogens is 514 g/mol. The Labute approximate surface area is 228 Å². The molecule has 2 aromatic heterocycles. The number of benzene rings is 2. The van der Waals surface area contributed by atoms with Crippen LogP contribution in [0.25, 0.3) is 16.8 Å². The van der Waals surface area contributed by atoms with E-state index >= 15 is 0 Å². The van der Waals surface area contributed by atoms with Crippen LogP contribution in [0.1, 0.15) is 60.0 Å². The summed E-state index contributed by atoms with van der Waals surface area (Å²) in [6.07, 6.45) is 4.44. The fraction of sp³-hybridized carbons (Fsp3) is 0.345. The number of rotatable bonds is 8. The minimum absolute atomic E-state index is 0.0140. The molecule has 0 spiro atoms. The summed E-state index contributed by atoms with van der Waals surface area (Å²) in [7, 11) is -2.44. The Morgan fingerprint density at radius 2 is 1.87 bits per heavy atom. The highest BCUT2D eigenvalue weighted by Gasteiger charge is 2.29. The number of methoxy groups -OCH3 is 1. The Morgan fingerprint density at radius 1 is 1.10 bits per heavy atom. The standard InChI is InChI=1S/C29H33N5O4S/c1-5-20-9-8-12-23(16-20)31-29(35)27-26(28-30-18(2)15-19(3)34(28)32-27)21-13-14-24(38-4)25(17-21)39(36,37)33-22-10-6-7-11-22/h8-9,12-17,22,33H,5-7,10-11H2,1-4H3,(H,31,35). The van der Waals surface area contributed by atoms with Gasteiger partial charge in [-0.05, 0) is 74.6 Å². The van der Waals surface area contributed by atoms with Crippen LogP contribution < -0.4 is 14.8 Å². The summed E-state index contributed by atoms with van der Waals surface area (Å²) in [5, 5.41) is 7.59. The van der Waals surface area contributed by atoms with Gasteiger partial charge in [0.15, 0.2) is 11.3 Å². The van der Waals surface area contributed by atoms with E-state index < -0.39 is 15.9 Å². The van der Waals surface area contributed by atoms with E-state index in [4.69, 9.17) is 9.72 Å². The minimum atomic E-state index is -3.88. The van der Waals surface area contributed by atoms with E-state index in [0.29, 0.717) is 22.5 Å². The van der Waals surface area contributed by atoms with Gasteiger partial charge in [0.25, 0.3) is 5.91 Å². The van der Waals surface area contributed by atoms with E-state index in [9.17, 15) is 13.2 Å². The van der Waals surface area contributed by atoms with Gasteiger partial charge in [-0.1, -0.05) is 38.0 Å². The molecule has 1 aliphatic rings. The molecule has 5 rings (SSSR count). The zero-order chi connectivity index (χ0) is 27.7. The van der Waals surface area contributed by atoms with Gasteiger partial charge in [-0.15, -0.1) is 0 Å². The SMILES string of the molecule is CCc1cccc(NC(=O)c2nn3c(C)cc(C)nc3c2-c2ccc(OC)c(S(=O)(=O)NC3CCCC3)c2)c1. The molecule has 0 aliphatic heterocycles. The van der Waals surface area contributed by atoms with Crippen LogP contribution in [0, 0.1) is 13.8 Å². The maximum Gasteiger partial charge on any atom is 0.276 e. The van der Waals surface area contributed by atoms with Gasteiger partial charge in [-0.25, -0.2) is 22.6 Å². The lowest BCUT2D eigenvalue weighted by atomic mass is 10.0. The molecular formula is C29H33N5O4S. The van der Waals surface area contributed by atoms with E-state index in [1.54, 1.807) is 22.7 Å². The third-order valence-corrected chi connectivity index (χ3v) is 8.66. The third kappa shape index (κ3) is 5.39. The first-order valence-electron chi connectivity index (χ1n) is 13.2. The zero-order valence-electron chi connectivity index (χ0n) is 22.6. The Balaban J connectivity index is 1.65. The monoisotopic (exact) mass is 547 g/mol. The van der Waals surface area contributed by atoms with Crippen molar-refractivity contribution in [2.45, 2.75) is 63.8 Å². The van der Waals surface area contributed by atoms with Crippen LogP contribution in [0.4, 0.5) is 5.69 Å². The first kappa shape index (κ1) is 26.8. The highest BCUT2D eigenvalue weighted by atomic mass is 32.2. The molecule has 1 aliphatic carbocycles. The number of nitrogens with zero attached hydrogens (tertiary/aromatic N) is 3. The number of hydrogen-bond donors (Lipinski definition) is 2. The highest BCUT2D eigenvalue weighted by Crippen LogP contribution is 2.35. The number of nitrogens with one attached hydrogen (secondary N) is 2. The van der Waals surface area contributed by atoms with Crippen LogP contribution >= 0.6 is 0 Å². The topological polar surface area (TPSA) is 115 Å². The van der Waals surface area contributed by atoms with Crippen LogP contribution in [0.3, 0.4) is 0 Å². The third-order valence-electron chi connectivity index (χ3n) is 7.12. The number of aromatic nitrogens is 3. The van der Waals surface area contributed by atoms with Crippen molar-refractivity contribution in [3.63, 3.8) is 0 Å².